The third-order valence-electron chi connectivity index (χ3n) is 4.55. The summed E-state index contributed by atoms with van der Waals surface area (Å²) in [5, 5.41) is 7.60. The number of carbonyl (C=O) groups excluding carboxylic acids is 1. The molecule has 3 rings (SSSR count). The Kier molecular flexibility index (Phi) is 5.91. The van der Waals surface area contributed by atoms with Gasteiger partial charge in [-0.25, -0.2) is 4.68 Å². The van der Waals surface area contributed by atoms with E-state index in [4.69, 9.17) is 0 Å². The van der Waals surface area contributed by atoms with Crippen LogP contribution in [0.15, 0.2) is 60.8 Å². The third-order valence-corrected chi connectivity index (χ3v) is 4.55. The maximum atomic E-state index is 12.3. The molecule has 1 N–H and O–H groups in total. The number of carbonyl (C=O) groups is 1. The lowest BCUT2D eigenvalue weighted by Gasteiger charge is -2.13. The van der Waals surface area contributed by atoms with Crippen molar-refractivity contribution in [2.45, 2.75) is 19.8 Å². The van der Waals surface area contributed by atoms with Gasteiger partial charge < -0.3 is 10.2 Å². The molecule has 0 saturated heterocycles. The van der Waals surface area contributed by atoms with Crippen molar-refractivity contribution in [3.8, 4) is 5.69 Å². The molecule has 5 nitrogen and oxygen atoms in total. The number of aromatic nitrogens is 2. The van der Waals surface area contributed by atoms with Gasteiger partial charge in [0.05, 0.1) is 11.4 Å². The maximum absolute atomic E-state index is 12.3. The number of benzene rings is 2. The van der Waals surface area contributed by atoms with Gasteiger partial charge in [0.1, 0.15) is 0 Å². The van der Waals surface area contributed by atoms with Crippen LogP contribution >= 0.6 is 0 Å². The highest BCUT2D eigenvalue weighted by atomic mass is 16.1. The first-order chi connectivity index (χ1) is 13.0. The van der Waals surface area contributed by atoms with Crippen LogP contribution in [0.25, 0.3) is 5.69 Å². The van der Waals surface area contributed by atoms with Crippen molar-refractivity contribution >= 4 is 11.6 Å². The molecule has 0 fully saturated rings. The van der Waals surface area contributed by atoms with Crippen LogP contribution in [0.2, 0.25) is 0 Å². The molecule has 0 radical (unpaired) electrons. The molecule has 3 aromatic rings. The van der Waals surface area contributed by atoms with E-state index in [0.29, 0.717) is 12.1 Å². The molecule has 1 amide bonds. The standard InChI is InChI=1S/C22H26N4O/c1-17-19(16-26(24-17)20-11-5-4-6-12-20)10-8-14-23-22(27)18-9-7-13-21(15-18)25(2)3/h4-7,9,11-13,15-16H,8,10,14H2,1-3H3,(H,23,27). The van der Waals surface area contributed by atoms with E-state index in [1.54, 1.807) is 0 Å². The van der Waals surface area contributed by atoms with Crippen molar-refractivity contribution in [1.82, 2.24) is 15.1 Å². The zero-order valence-electron chi connectivity index (χ0n) is 16.1. The number of aryl methyl sites for hydroxylation is 2. The van der Waals surface area contributed by atoms with Crippen LogP contribution in [0.1, 0.15) is 28.0 Å². The normalized spacial score (nSPS) is 10.6. The number of amides is 1. The Labute approximate surface area is 160 Å². The number of hydrogen-bond donors (Lipinski definition) is 1. The van der Waals surface area contributed by atoms with Gasteiger partial charge in [0.15, 0.2) is 0 Å². The van der Waals surface area contributed by atoms with Crippen molar-refractivity contribution < 1.29 is 4.79 Å². The average Bonchev–Trinajstić information content (AvgIpc) is 3.06. The van der Waals surface area contributed by atoms with Crippen molar-refractivity contribution in [1.29, 1.82) is 0 Å². The average molecular weight is 362 g/mol. The van der Waals surface area contributed by atoms with Crippen LogP contribution < -0.4 is 10.2 Å². The Morgan fingerprint density at radius 1 is 1.11 bits per heavy atom. The summed E-state index contributed by atoms with van der Waals surface area (Å²) in [6.45, 7) is 2.67. The summed E-state index contributed by atoms with van der Waals surface area (Å²) in [6.07, 6.45) is 3.84. The number of hydrogen-bond acceptors (Lipinski definition) is 3. The van der Waals surface area contributed by atoms with E-state index in [1.165, 1.54) is 5.56 Å². The molecule has 0 unspecified atom stereocenters. The molecule has 2 aromatic carbocycles. The molecule has 140 valence electrons. The van der Waals surface area contributed by atoms with Crippen LogP contribution in [0.4, 0.5) is 5.69 Å². The molecule has 0 spiro atoms. The molecule has 0 bridgehead atoms. The monoisotopic (exact) mass is 362 g/mol. The SMILES string of the molecule is Cc1nn(-c2ccccc2)cc1CCCNC(=O)c1cccc(N(C)C)c1. The first-order valence-corrected chi connectivity index (χ1v) is 9.21. The fourth-order valence-corrected chi connectivity index (χ4v) is 2.96. The van der Waals surface area contributed by atoms with Crippen molar-refractivity contribution in [3.63, 3.8) is 0 Å². The fraction of sp³-hybridized carbons (Fsp3) is 0.273. The van der Waals surface area contributed by atoms with E-state index in [1.807, 2.05) is 85.2 Å². The number of anilines is 1. The van der Waals surface area contributed by atoms with E-state index in [9.17, 15) is 4.79 Å². The molecule has 27 heavy (non-hydrogen) atoms. The second-order valence-electron chi connectivity index (χ2n) is 6.82. The van der Waals surface area contributed by atoms with Crippen molar-refractivity contribution in [3.05, 3.63) is 77.6 Å². The lowest BCUT2D eigenvalue weighted by molar-refractivity contribution is 0.0953. The van der Waals surface area contributed by atoms with Crippen LogP contribution in [0, 0.1) is 6.92 Å². The van der Waals surface area contributed by atoms with Crippen LogP contribution in [0.3, 0.4) is 0 Å². The maximum Gasteiger partial charge on any atom is 0.251 e. The number of para-hydroxylation sites is 1. The summed E-state index contributed by atoms with van der Waals surface area (Å²) >= 11 is 0. The molecular formula is C22H26N4O. The molecule has 1 heterocycles. The van der Waals surface area contributed by atoms with Gasteiger partial charge in [0.25, 0.3) is 5.91 Å². The van der Waals surface area contributed by atoms with Crippen LogP contribution in [-0.4, -0.2) is 36.3 Å². The number of nitrogens with one attached hydrogen (secondary N) is 1. The second kappa shape index (κ2) is 8.54. The fourth-order valence-electron chi connectivity index (χ4n) is 2.96. The summed E-state index contributed by atoms with van der Waals surface area (Å²) in [5.74, 6) is -0.0320. The van der Waals surface area contributed by atoms with Gasteiger partial charge in [0.2, 0.25) is 0 Å². The Morgan fingerprint density at radius 2 is 1.89 bits per heavy atom. The van der Waals surface area contributed by atoms with Gasteiger partial charge in [-0.15, -0.1) is 0 Å². The van der Waals surface area contributed by atoms with Gasteiger partial charge >= 0.3 is 0 Å². The Bertz CT molecular complexity index is 900. The van der Waals surface area contributed by atoms with E-state index < -0.39 is 0 Å². The first kappa shape index (κ1) is 18.7. The van der Waals surface area contributed by atoms with Gasteiger partial charge in [0, 0.05) is 38.1 Å². The minimum Gasteiger partial charge on any atom is -0.378 e. The molecule has 0 saturated carbocycles. The summed E-state index contributed by atoms with van der Waals surface area (Å²) < 4.78 is 1.91. The quantitative estimate of drug-likeness (QED) is 0.653. The Hall–Kier alpha value is -3.08. The predicted molar refractivity (Wildman–Crippen MR) is 110 cm³/mol. The van der Waals surface area contributed by atoms with E-state index in [0.717, 1.165) is 29.9 Å². The largest absolute Gasteiger partial charge is 0.378 e. The Balaban J connectivity index is 1.53. The van der Waals surface area contributed by atoms with E-state index >= 15 is 0 Å². The summed E-state index contributed by atoms with van der Waals surface area (Å²) in [6, 6.07) is 17.7. The minimum absolute atomic E-state index is 0.0320. The summed E-state index contributed by atoms with van der Waals surface area (Å²) in [4.78, 5) is 14.3. The highest BCUT2D eigenvalue weighted by molar-refractivity contribution is 5.95. The number of nitrogens with zero attached hydrogens (tertiary/aromatic N) is 3. The van der Waals surface area contributed by atoms with E-state index in [-0.39, 0.29) is 5.91 Å². The lowest BCUT2D eigenvalue weighted by atomic mass is 10.1. The minimum atomic E-state index is -0.0320. The van der Waals surface area contributed by atoms with Crippen molar-refractivity contribution in [2.24, 2.45) is 0 Å². The molecular weight excluding hydrogens is 336 g/mol. The molecule has 0 atom stereocenters. The molecule has 0 aliphatic heterocycles. The summed E-state index contributed by atoms with van der Waals surface area (Å²) in [5.41, 5.74) is 5.01. The van der Waals surface area contributed by atoms with Gasteiger partial charge in [-0.2, -0.15) is 5.10 Å². The first-order valence-electron chi connectivity index (χ1n) is 9.21. The van der Waals surface area contributed by atoms with Gasteiger partial charge in [-0.1, -0.05) is 24.3 Å². The zero-order valence-corrected chi connectivity index (χ0v) is 16.1. The molecule has 0 aliphatic rings. The molecule has 0 aliphatic carbocycles. The van der Waals surface area contributed by atoms with Crippen LogP contribution in [-0.2, 0) is 6.42 Å². The van der Waals surface area contributed by atoms with Gasteiger partial charge in [-0.3, -0.25) is 4.79 Å². The lowest BCUT2D eigenvalue weighted by Crippen LogP contribution is -2.25. The summed E-state index contributed by atoms with van der Waals surface area (Å²) in [7, 11) is 3.93. The third kappa shape index (κ3) is 4.76. The molecule has 5 heteroatoms. The zero-order chi connectivity index (χ0) is 19.2. The Morgan fingerprint density at radius 3 is 2.63 bits per heavy atom. The van der Waals surface area contributed by atoms with Gasteiger partial charge in [-0.05, 0) is 55.7 Å². The number of rotatable bonds is 7. The smallest absolute Gasteiger partial charge is 0.251 e. The highest BCUT2D eigenvalue weighted by Gasteiger charge is 2.08. The van der Waals surface area contributed by atoms with Crippen molar-refractivity contribution in [2.75, 3.05) is 25.5 Å². The molecule has 1 aromatic heterocycles. The van der Waals surface area contributed by atoms with Crippen LogP contribution in [0.5, 0.6) is 0 Å². The predicted octanol–water partition coefficient (Wildman–Crippen LogP) is 3.61. The topological polar surface area (TPSA) is 50.2 Å². The van der Waals surface area contributed by atoms with E-state index in [2.05, 4.69) is 16.6 Å². The second-order valence-corrected chi connectivity index (χ2v) is 6.82. The highest BCUT2D eigenvalue weighted by Crippen LogP contribution is 2.14.